The third-order valence-corrected chi connectivity index (χ3v) is 2.55. The van der Waals surface area contributed by atoms with Gasteiger partial charge in [0.05, 0.1) is 12.7 Å². The van der Waals surface area contributed by atoms with Crippen molar-refractivity contribution in [3.05, 3.63) is 0 Å². The molecule has 0 amide bonds. The Balaban J connectivity index is 2.13. The molecule has 0 saturated carbocycles. The quantitative estimate of drug-likeness (QED) is 0.713. The largest absolute Gasteiger partial charge is 0.481 e. The Hall–Kier alpha value is -0.650. The van der Waals surface area contributed by atoms with Crippen LogP contribution in [-0.2, 0) is 14.3 Å². The summed E-state index contributed by atoms with van der Waals surface area (Å²) in [5, 5.41) is 11.8. The first-order valence-electron chi connectivity index (χ1n) is 5.66. The van der Waals surface area contributed by atoms with E-state index < -0.39 is 11.8 Å². The molecule has 1 aliphatic rings. The molecule has 0 aromatic heterocycles. The molecule has 1 aliphatic heterocycles. The zero-order valence-electron chi connectivity index (χ0n) is 10.2. The normalized spacial score (nSPS) is 25.6. The highest BCUT2D eigenvalue weighted by Gasteiger charge is 2.32. The van der Waals surface area contributed by atoms with Crippen LogP contribution in [0.2, 0.25) is 0 Å². The van der Waals surface area contributed by atoms with Gasteiger partial charge in [0, 0.05) is 19.0 Å². The van der Waals surface area contributed by atoms with E-state index in [2.05, 4.69) is 5.32 Å². The lowest BCUT2D eigenvalue weighted by Crippen LogP contribution is -2.36. The molecule has 5 nitrogen and oxygen atoms in total. The zero-order chi connectivity index (χ0) is 12.2. The molecule has 16 heavy (non-hydrogen) atoms. The Labute approximate surface area is 96.1 Å². The van der Waals surface area contributed by atoms with Crippen molar-refractivity contribution in [1.82, 2.24) is 5.32 Å². The number of carboxylic acids is 1. The van der Waals surface area contributed by atoms with Gasteiger partial charge >= 0.3 is 5.97 Å². The number of nitrogens with one attached hydrogen (secondary N) is 1. The highest BCUT2D eigenvalue weighted by molar-refractivity contribution is 5.66. The molecule has 1 heterocycles. The molecular weight excluding hydrogens is 210 g/mol. The van der Waals surface area contributed by atoms with Crippen molar-refractivity contribution in [1.29, 1.82) is 0 Å². The van der Waals surface area contributed by atoms with Gasteiger partial charge in [-0.25, -0.2) is 0 Å². The van der Waals surface area contributed by atoms with Gasteiger partial charge in [0.25, 0.3) is 0 Å². The zero-order valence-corrected chi connectivity index (χ0v) is 10.2. The molecule has 1 rings (SSSR count). The maximum Gasteiger partial charge on any atom is 0.303 e. The number of rotatable bonds is 6. The summed E-state index contributed by atoms with van der Waals surface area (Å²) in [6, 6.07) is 0.184. The smallest absolute Gasteiger partial charge is 0.303 e. The van der Waals surface area contributed by atoms with E-state index in [-0.39, 0.29) is 18.6 Å². The number of hydrogen-bond donors (Lipinski definition) is 2. The minimum atomic E-state index is -0.754. The molecule has 0 aliphatic carbocycles. The molecule has 0 aromatic carbocycles. The second kappa shape index (κ2) is 5.61. The summed E-state index contributed by atoms with van der Waals surface area (Å²) in [5.74, 6) is -1.24. The lowest BCUT2D eigenvalue weighted by atomic mass is 10.2. The fourth-order valence-corrected chi connectivity index (χ4v) is 1.64. The Bertz CT molecular complexity index is 242. The maximum atomic E-state index is 10.4. The Morgan fingerprint density at radius 2 is 2.31 bits per heavy atom. The SMILES string of the molecule is CC(CCC(=O)O)NCC1COC(C)(C)O1. The fraction of sp³-hybridized carbons (Fsp3) is 0.909. The van der Waals surface area contributed by atoms with Crippen LogP contribution in [0, 0.1) is 0 Å². The third-order valence-electron chi connectivity index (χ3n) is 2.55. The highest BCUT2D eigenvalue weighted by atomic mass is 16.7. The van der Waals surface area contributed by atoms with Crippen molar-refractivity contribution >= 4 is 5.97 Å². The van der Waals surface area contributed by atoms with Crippen molar-refractivity contribution in [3.8, 4) is 0 Å². The number of carboxylic acid groups (broad SMARTS) is 1. The van der Waals surface area contributed by atoms with Gasteiger partial charge in [-0.2, -0.15) is 0 Å². The molecule has 2 unspecified atom stereocenters. The minimum absolute atomic E-state index is 0.0577. The minimum Gasteiger partial charge on any atom is -0.481 e. The summed E-state index contributed by atoms with van der Waals surface area (Å²) >= 11 is 0. The molecule has 94 valence electrons. The van der Waals surface area contributed by atoms with Crippen molar-refractivity contribution < 1.29 is 19.4 Å². The van der Waals surface area contributed by atoms with Crippen molar-refractivity contribution in [3.63, 3.8) is 0 Å². The average Bonchev–Trinajstić information content (AvgIpc) is 2.52. The Morgan fingerprint density at radius 1 is 1.62 bits per heavy atom. The topological polar surface area (TPSA) is 67.8 Å². The second-order valence-electron chi connectivity index (χ2n) is 4.69. The van der Waals surface area contributed by atoms with E-state index in [9.17, 15) is 4.79 Å². The van der Waals surface area contributed by atoms with Gasteiger partial charge in [0.1, 0.15) is 0 Å². The molecule has 5 heteroatoms. The molecule has 2 N–H and O–H groups in total. The Kier molecular flexibility index (Phi) is 4.70. The van der Waals surface area contributed by atoms with Crippen LogP contribution in [0.1, 0.15) is 33.6 Å². The standard InChI is InChI=1S/C11H21NO4/c1-8(4-5-10(13)14)12-6-9-7-15-11(2,3)16-9/h8-9,12H,4-7H2,1-3H3,(H,13,14). The molecule has 0 radical (unpaired) electrons. The molecule has 2 atom stereocenters. The van der Waals surface area contributed by atoms with Gasteiger partial charge in [-0.1, -0.05) is 0 Å². The van der Waals surface area contributed by atoms with E-state index in [0.29, 0.717) is 19.6 Å². The number of carbonyl (C=O) groups is 1. The molecule has 1 saturated heterocycles. The van der Waals surface area contributed by atoms with E-state index in [4.69, 9.17) is 14.6 Å². The first-order valence-corrected chi connectivity index (χ1v) is 5.66. The van der Waals surface area contributed by atoms with Gasteiger partial charge < -0.3 is 19.9 Å². The number of aliphatic carboxylic acids is 1. The van der Waals surface area contributed by atoms with E-state index in [1.54, 1.807) is 0 Å². The van der Waals surface area contributed by atoms with Crippen LogP contribution in [0.15, 0.2) is 0 Å². The van der Waals surface area contributed by atoms with Crippen LogP contribution < -0.4 is 5.32 Å². The van der Waals surface area contributed by atoms with E-state index in [0.717, 1.165) is 0 Å². The summed E-state index contributed by atoms with van der Waals surface area (Å²) in [6.07, 6.45) is 0.885. The number of ether oxygens (including phenoxy) is 2. The van der Waals surface area contributed by atoms with Gasteiger partial charge in [0.15, 0.2) is 5.79 Å². The summed E-state index contributed by atoms with van der Waals surface area (Å²) in [4.78, 5) is 10.4. The summed E-state index contributed by atoms with van der Waals surface area (Å²) in [7, 11) is 0. The first kappa shape index (κ1) is 13.4. The van der Waals surface area contributed by atoms with Crippen LogP contribution in [0.3, 0.4) is 0 Å². The van der Waals surface area contributed by atoms with E-state index in [1.165, 1.54) is 0 Å². The monoisotopic (exact) mass is 231 g/mol. The summed E-state index contributed by atoms with van der Waals surface area (Å²) < 4.78 is 11.1. The predicted molar refractivity (Wildman–Crippen MR) is 59.2 cm³/mol. The van der Waals surface area contributed by atoms with Gasteiger partial charge in [-0.15, -0.1) is 0 Å². The van der Waals surface area contributed by atoms with Crippen molar-refractivity contribution in [2.45, 2.75) is 51.5 Å². The van der Waals surface area contributed by atoms with Crippen molar-refractivity contribution in [2.75, 3.05) is 13.2 Å². The predicted octanol–water partition coefficient (Wildman–Crippen LogP) is 0.981. The van der Waals surface area contributed by atoms with Crippen LogP contribution in [0.4, 0.5) is 0 Å². The van der Waals surface area contributed by atoms with Gasteiger partial charge in [0.2, 0.25) is 0 Å². The van der Waals surface area contributed by atoms with Crippen LogP contribution in [0.25, 0.3) is 0 Å². The highest BCUT2D eigenvalue weighted by Crippen LogP contribution is 2.21. The maximum absolute atomic E-state index is 10.4. The second-order valence-corrected chi connectivity index (χ2v) is 4.69. The van der Waals surface area contributed by atoms with Crippen LogP contribution in [-0.4, -0.2) is 42.2 Å². The van der Waals surface area contributed by atoms with Gasteiger partial charge in [-0.05, 0) is 27.2 Å². The molecule has 0 spiro atoms. The molecule has 0 bridgehead atoms. The van der Waals surface area contributed by atoms with Crippen LogP contribution >= 0.6 is 0 Å². The lowest BCUT2D eigenvalue weighted by molar-refractivity contribution is -0.137. The average molecular weight is 231 g/mol. The molecular formula is C11H21NO4. The fourth-order valence-electron chi connectivity index (χ4n) is 1.64. The summed E-state index contributed by atoms with van der Waals surface area (Å²) in [6.45, 7) is 7.04. The Morgan fingerprint density at radius 3 is 2.81 bits per heavy atom. The molecule has 0 aromatic rings. The lowest BCUT2D eigenvalue weighted by Gasteiger charge is -2.19. The van der Waals surface area contributed by atoms with E-state index in [1.807, 2.05) is 20.8 Å². The molecule has 1 fully saturated rings. The van der Waals surface area contributed by atoms with Crippen molar-refractivity contribution in [2.24, 2.45) is 0 Å². The summed E-state index contributed by atoms with van der Waals surface area (Å²) in [5.41, 5.74) is 0. The van der Waals surface area contributed by atoms with Crippen LogP contribution in [0.5, 0.6) is 0 Å². The third kappa shape index (κ3) is 4.92. The number of hydrogen-bond acceptors (Lipinski definition) is 4. The van der Waals surface area contributed by atoms with Gasteiger partial charge in [-0.3, -0.25) is 4.79 Å². The first-order chi connectivity index (χ1) is 7.39. The van der Waals surface area contributed by atoms with E-state index >= 15 is 0 Å².